The van der Waals surface area contributed by atoms with Crippen LogP contribution in [0.15, 0.2) is 18.2 Å². The third kappa shape index (κ3) is 6.28. The van der Waals surface area contributed by atoms with Crippen LogP contribution in [-0.2, 0) is 16.0 Å². The van der Waals surface area contributed by atoms with Crippen LogP contribution in [0.25, 0.3) is 0 Å². The summed E-state index contributed by atoms with van der Waals surface area (Å²) in [7, 11) is 1.42. The molecule has 0 heterocycles. The quantitative estimate of drug-likeness (QED) is 0.750. The van der Waals surface area contributed by atoms with Gasteiger partial charge in [0, 0.05) is 5.02 Å². The molecule has 0 unspecified atom stereocenters. The lowest BCUT2D eigenvalue weighted by Gasteiger charge is -2.37. The van der Waals surface area contributed by atoms with Gasteiger partial charge in [-0.3, -0.25) is 0 Å². The van der Waals surface area contributed by atoms with E-state index >= 15 is 0 Å². The lowest BCUT2D eigenvalue weighted by atomic mass is 9.82. The molecule has 0 spiro atoms. The van der Waals surface area contributed by atoms with Crippen molar-refractivity contribution in [2.45, 2.75) is 64.7 Å². The van der Waals surface area contributed by atoms with Crippen molar-refractivity contribution in [1.29, 1.82) is 0 Å². The fourth-order valence-corrected chi connectivity index (χ4v) is 1.77. The second kappa shape index (κ2) is 7.64. The molecule has 3 nitrogen and oxygen atoms in total. The van der Waals surface area contributed by atoms with Gasteiger partial charge in [-0.1, -0.05) is 23.1 Å². The van der Waals surface area contributed by atoms with E-state index in [0.29, 0.717) is 16.0 Å². The molecule has 0 saturated carbocycles. The Balaban J connectivity index is 2.77. The highest BCUT2D eigenvalue weighted by atomic mass is 35.5. The summed E-state index contributed by atoms with van der Waals surface area (Å²) in [5.41, 5.74) is -0.889. The first-order valence-corrected chi connectivity index (χ1v) is 7.81. The Morgan fingerprint density at radius 2 is 1.75 bits per heavy atom. The smallest absolute Gasteiger partial charge is 0.414 e. The summed E-state index contributed by atoms with van der Waals surface area (Å²) in [5.74, 6) is 0. The summed E-state index contributed by atoms with van der Waals surface area (Å²) in [5, 5.41) is 10.4. The van der Waals surface area contributed by atoms with E-state index in [-0.39, 0.29) is 6.61 Å². The molecule has 8 heteroatoms. The first kappa shape index (κ1) is 21.3. The zero-order chi connectivity index (χ0) is 18.8. The molecular weight excluding hydrogens is 343 g/mol. The van der Waals surface area contributed by atoms with Crippen LogP contribution in [-0.4, -0.2) is 36.1 Å². The molecule has 0 aromatic heterocycles. The van der Waals surface area contributed by atoms with Crippen LogP contribution >= 0.6 is 11.6 Å². The molecule has 0 amide bonds. The Morgan fingerprint density at radius 3 is 2.25 bits per heavy atom. The van der Waals surface area contributed by atoms with Crippen molar-refractivity contribution < 1.29 is 27.7 Å². The van der Waals surface area contributed by atoms with E-state index in [4.69, 9.17) is 21.0 Å². The average Bonchev–Trinajstić information content (AvgIpc) is 2.40. The predicted molar refractivity (Wildman–Crippen MR) is 88.6 cm³/mol. The van der Waals surface area contributed by atoms with Crippen molar-refractivity contribution in [1.82, 2.24) is 0 Å². The van der Waals surface area contributed by atoms with Crippen LogP contribution < -0.4 is 5.46 Å². The molecule has 1 aromatic rings. The van der Waals surface area contributed by atoms with Crippen LogP contribution in [0.4, 0.5) is 13.2 Å². The summed E-state index contributed by atoms with van der Waals surface area (Å²) in [4.78, 5) is 0. The van der Waals surface area contributed by atoms with Gasteiger partial charge in [-0.05, 0) is 52.3 Å². The summed E-state index contributed by atoms with van der Waals surface area (Å²) in [6.07, 6.45) is -6.28. The highest BCUT2D eigenvalue weighted by Crippen LogP contribution is 2.25. The Bertz CT molecular complexity index is 556. The molecule has 1 N–H and O–H groups in total. The molecule has 24 heavy (non-hydrogen) atoms. The van der Waals surface area contributed by atoms with Crippen molar-refractivity contribution in [3.05, 3.63) is 28.8 Å². The first-order chi connectivity index (χ1) is 10.7. The minimum Gasteiger partial charge on any atom is -0.427 e. The molecule has 1 atom stereocenters. The standard InChI is InChI=1S/C16H22BClF3O3/c1-10(16(19,20)21)23-9-11-6-12(8-13(18)7-11)17-24-15(4,5)14(2,3)22/h6-8,10,22H,9H2,1-5H3/t10-/m1/s1. The van der Waals surface area contributed by atoms with Crippen LogP contribution in [0.2, 0.25) is 5.02 Å². The summed E-state index contributed by atoms with van der Waals surface area (Å²) < 4.78 is 47.9. The minimum atomic E-state index is -4.41. The third-order valence-electron chi connectivity index (χ3n) is 3.90. The molecule has 0 bridgehead atoms. The highest BCUT2D eigenvalue weighted by molar-refractivity contribution is 6.48. The van der Waals surface area contributed by atoms with E-state index in [2.05, 4.69) is 0 Å². The summed E-state index contributed by atoms with van der Waals surface area (Å²) in [6.45, 7) is 7.42. The minimum absolute atomic E-state index is 0.225. The third-order valence-corrected chi connectivity index (χ3v) is 4.12. The maximum absolute atomic E-state index is 12.5. The van der Waals surface area contributed by atoms with Crippen molar-refractivity contribution in [3.63, 3.8) is 0 Å². The lowest BCUT2D eigenvalue weighted by molar-refractivity contribution is -0.217. The Labute approximate surface area is 146 Å². The molecule has 0 aliphatic heterocycles. The second-order valence-corrected chi connectivity index (χ2v) is 7.13. The number of hydrogen-bond donors (Lipinski definition) is 1. The van der Waals surface area contributed by atoms with Crippen LogP contribution in [0.1, 0.15) is 40.2 Å². The number of benzene rings is 1. The molecule has 135 valence electrons. The number of ether oxygens (including phenoxy) is 1. The van der Waals surface area contributed by atoms with Crippen molar-refractivity contribution in [2.24, 2.45) is 0 Å². The van der Waals surface area contributed by atoms with Gasteiger partial charge in [0.15, 0.2) is 6.10 Å². The van der Waals surface area contributed by atoms with Crippen LogP contribution in [0.5, 0.6) is 0 Å². The van der Waals surface area contributed by atoms with E-state index in [9.17, 15) is 18.3 Å². The van der Waals surface area contributed by atoms with Gasteiger partial charge in [0.25, 0.3) is 0 Å². The topological polar surface area (TPSA) is 38.7 Å². The number of aliphatic hydroxyl groups is 1. The number of hydrogen-bond acceptors (Lipinski definition) is 3. The Hall–Kier alpha value is -0.755. The van der Waals surface area contributed by atoms with E-state index in [0.717, 1.165) is 6.92 Å². The zero-order valence-corrected chi connectivity index (χ0v) is 15.1. The number of halogens is 4. The van der Waals surface area contributed by atoms with Gasteiger partial charge in [0.05, 0.1) is 17.8 Å². The van der Waals surface area contributed by atoms with Crippen LogP contribution in [0, 0.1) is 0 Å². The van der Waals surface area contributed by atoms with Crippen molar-refractivity contribution in [3.8, 4) is 0 Å². The molecule has 0 aliphatic rings. The average molecular weight is 366 g/mol. The molecule has 1 rings (SSSR count). The first-order valence-electron chi connectivity index (χ1n) is 7.43. The number of rotatable bonds is 7. The van der Waals surface area contributed by atoms with Gasteiger partial charge in [-0.15, -0.1) is 0 Å². The molecule has 0 saturated heterocycles. The molecular formula is C16H22BClF3O3. The normalized spacial score (nSPS) is 14.6. The SMILES string of the molecule is C[C@@H](OCc1cc(Cl)cc([B]OC(C)(C)C(C)(C)O)c1)C(F)(F)F. The highest BCUT2D eigenvalue weighted by Gasteiger charge is 2.37. The van der Waals surface area contributed by atoms with Gasteiger partial charge >= 0.3 is 13.7 Å². The van der Waals surface area contributed by atoms with E-state index in [1.54, 1.807) is 39.8 Å². The lowest BCUT2D eigenvalue weighted by Crippen LogP contribution is -2.49. The van der Waals surface area contributed by atoms with E-state index < -0.39 is 23.5 Å². The fourth-order valence-electron chi connectivity index (χ4n) is 1.50. The summed E-state index contributed by atoms with van der Waals surface area (Å²) >= 11 is 5.99. The van der Waals surface area contributed by atoms with E-state index in [1.165, 1.54) is 13.5 Å². The van der Waals surface area contributed by atoms with Gasteiger partial charge in [-0.25, -0.2) is 0 Å². The monoisotopic (exact) mass is 365 g/mol. The van der Waals surface area contributed by atoms with Crippen molar-refractivity contribution in [2.75, 3.05) is 0 Å². The maximum Gasteiger partial charge on any atom is 0.414 e. The fraction of sp³-hybridized carbons (Fsp3) is 0.625. The summed E-state index contributed by atoms with van der Waals surface area (Å²) in [6, 6.07) is 4.76. The predicted octanol–water partition coefficient (Wildman–Crippen LogP) is 3.62. The van der Waals surface area contributed by atoms with Gasteiger partial charge < -0.3 is 14.5 Å². The molecule has 0 aliphatic carbocycles. The molecule has 1 aromatic carbocycles. The zero-order valence-electron chi connectivity index (χ0n) is 14.4. The van der Waals surface area contributed by atoms with Gasteiger partial charge in [-0.2, -0.15) is 13.2 Å². The maximum atomic E-state index is 12.5. The van der Waals surface area contributed by atoms with Gasteiger partial charge in [0.2, 0.25) is 0 Å². The van der Waals surface area contributed by atoms with E-state index in [1.807, 2.05) is 0 Å². The molecule has 0 fully saturated rings. The Kier molecular flexibility index (Phi) is 6.78. The largest absolute Gasteiger partial charge is 0.427 e. The second-order valence-electron chi connectivity index (χ2n) is 6.69. The number of alkyl halides is 3. The molecule has 1 radical (unpaired) electrons. The Morgan fingerprint density at radius 1 is 1.17 bits per heavy atom. The van der Waals surface area contributed by atoms with Gasteiger partial charge in [0.1, 0.15) is 0 Å². The van der Waals surface area contributed by atoms with Crippen LogP contribution in [0.3, 0.4) is 0 Å². The van der Waals surface area contributed by atoms with Crippen molar-refractivity contribution >= 4 is 24.5 Å².